The Balaban J connectivity index is 1.66. The third-order valence-corrected chi connectivity index (χ3v) is 6.01. The van der Waals surface area contributed by atoms with Crippen LogP contribution in [0.25, 0.3) is 0 Å². The van der Waals surface area contributed by atoms with Gasteiger partial charge < -0.3 is 0 Å². The summed E-state index contributed by atoms with van der Waals surface area (Å²) in [4.78, 5) is 0. The van der Waals surface area contributed by atoms with E-state index in [9.17, 15) is 21.6 Å². The van der Waals surface area contributed by atoms with Gasteiger partial charge in [-0.2, -0.15) is 18.3 Å². The molecule has 0 radical (unpaired) electrons. The molecule has 3 rings (SSSR count). The van der Waals surface area contributed by atoms with Crippen LogP contribution in [0.4, 0.5) is 13.2 Å². The van der Waals surface area contributed by atoms with Gasteiger partial charge in [0.1, 0.15) is 0 Å². The Morgan fingerprint density at radius 3 is 2.48 bits per heavy atom. The third kappa shape index (κ3) is 4.90. The normalized spacial score (nSPS) is 15.0. The lowest BCUT2D eigenvalue weighted by Crippen LogP contribution is -2.29. The molecular weight excluding hydrogens is 379 g/mol. The van der Waals surface area contributed by atoms with Gasteiger partial charge in [-0.25, -0.2) is 13.1 Å². The van der Waals surface area contributed by atoms with Crippen LogP contribution >= 0.6 is 0 Å². The molecule has 1 aromatic heterocycles. The Labute approximate surface area is 156 Å². The number of aromatic nitrogens is 2. The first-order valence-corrected chi connectivity index (χ1v) is 10.5. The van der Waals surface area contributed by atoms with Crippen molar-refractivity contribution in [3.05, 3.63) is 52.3 Å². The Bertz CT molecular complexity index is 903. The van der Waals surface area contributed by atoms with E-state index < -0.39 is 21.9 Å². The van der Waals surface area contributed by atoms with E-state index in [4.69, 9.17) is 0 Å². The maximum atomic E-state index is 13.2. The van der Waals surface area contributed by atoms with Gasteiger partial charge in [0.2, 0.25) is 10.0 Å². The SMILES string of the molecule is Cc1ccc(CS(=O)(=O)NCCn2nc(C(F)(F)F)c3c2CCCC3)cc1. The van der Waals surface area contributed by atoms with Crippen molar-refractivity contribution in [3.63, 3.8) is 0 Å². The molecule has 1 aliphatic carbocycles. The highest BCUT2D eigenvalue weighted by atomic mass is 32.2. The molecule has 1 aromatic carbocycles. The molecule has 1 aliphatic rings. The molecule has 0 spiro atoms. The smallest absolute Gasteiger partial charge is 0.267 e. The van der Waals surface area contributed by atoms with Gasteiger partial charge in [0.25, 0.3) is 0 Å². The molecular formula is C18H22F3N3O2S. The van der Waals surface area contributed by atoms with Crippen LogP contribution in [-0.2, 0) is 41.3 Å². The number of halogens is 3. The summed E-state index contributed by atoms with van der Waals surface area (Å²) in [5, 5.41) is 3.73. The number of sulfonamides is 1. The van der Waals surface area contributed by atoms with Gasteiger partial charge in [0, 0.05) is 17.8 Å². The average Bonchev–Trinajstić information content (AvgIpc) is 2.96. The van der Waals surface area contributed by atoms with Gasteiger partial charge in [-0.15, -0.1) is 0 Å². The second-order valence-corrected chi connectivity index (χ2v) is 8.65. The van der Waals surface area contributed by atoms with Gasteiger partial charge in [0.05, 0.1) is 12.3 Å². The molecule has 0 fully saturated rings. The Morgan fingerprint density at radius 2 is 1.81 bits per heavy atom. The minimum Gasteiger partial charge on any atom is -0.267 e. The zero-order valence-corrected chi connectivity index (χ0v) is 15.8. The van der Waals surface area contributed by atoms with Crippen LogP contribution in [0.3, 0.4) is 0 Å². The van der Waals surface area contributed by atoms with E-state index in [0.717, 1.165) is 12.0 Å². The predicted molar refractivity (Wildman–Crippen MR) is 95.7 cm³/mol. The monoisotopic (exact) mass is 401 g/mol. The zero-order chi connectivity index (χ0) is 19.7. The summed E-state index contributed by atoms with van der Waals surface area (Å²) >= 11 is 0. The zero-order valence-electron chi connectivity index (χ0n) is 15.0. The maximum absolute atomic E-state index is 13.2. The lowest BCUT2D eigenvalue weighted by Gasteiger charge is -2.15. The number of fused-ring (bicyclic) bond motifs is 1. The lowest BCUT2D eigenvalue weighted by molar-refractivity contribution is -0.142. The largest absolute Gasteiger partial charge is 0.435 e. The Morgan fingerprint density at radius 1 is 1.15 bits per heavy atom. The summed E-state index contributed by atoms with van der Waals surface area (Å²) in [6, 6.07) is 7.15. The molecule has 0 bridgehead atoms. The summed E-state index contributed by atoms with van der Waals surface area (Å²) in [6.07, 6.45) is -2.06. The van der Waals surface area contributed by atoms with Crippen LogP contribution < -0.4 is 4.72 Å². The fraction of sp³-hybridized carbons (Fsp3) is 0.500. The van der Waals surface area contributed by atoms with E-state index in [-0.39, 0.29) is 24.4 Å². The van der Waals surface area contributed by atoms with E-state index >= 15 is 0 Å². The molecule has 1 N–H and O–H groups in total. The van der Waals surface area contributed by atoms with Crippen LogP contribution in [-0.4, -0.2) is 24.7 Å². The highest BCUT2D eigenvalue weighted by Gasteiger charge is 2.39. The molecule has 0 unspecified atom stereocenters. The number of rotatable bonds is 6. The molecule has 0 saturated heterocycles. The molecule has 148 valence electrons. The lowest BCUT2D eigenvalue weighted by atomic mass is 9.95. The van der Waals surface area contributed by atoms with E-state index in [1.807, 2.05) is 19.1 Å². The topological polar surface area (TPSA) is 64.0 Å². The van der Waals surface area contributed by atoms with Crippen molar-refractivity contribution in [2.24, 2.45) is 0 Å². The van der Waals surface area contributed by atoms with Crippen molar-refractivity contribution in [2.45, 2.75) is 51.1 Å². The van der Waals surface area contributed by atoms with E-state index in [0.29, 0.717) is 30.5 Å². The minimum absolute atomic E-state index is 0.000385. The maximum Gasteiger partial charge on any atom is 0.435 e. The van der Waals surface area contributed by atoms with E-state index in [1.165, 1.54) is 4.68 Å². The molecule has 1 heterocycles. The minimum atomic E-state index is -4.49. The van der Waals surface area contributed by atoms with Crippen molar-refractivity contribution >= 4 is 10.0 Å². The fourth-order valence-corrected chi connectivity index (χ4v) is 4.48. The summed E-state index contributed by atoms with van der Waals surface area (Å²) in [5.41, 5.74) is 1.69. The predicted octanol–water partition coefficient (Wildman–Crippen LogP) is 3.21. The van der Waals surface area contributed by atoms with E-state index in [2.05, 4.69) is 9.82 Å². The van der Waals surface area contributed by atoms with Crippen molar-refractivity contribution in [1.29, 1.82) is 0 Å². The average molecular weight is 401 g/mol. The number of hydrogen-bond donors (Lipinski definition) is 1. The Hall–Kier alpha value is -1.87. The third-order valence-electron chi connectivity index (χ3n) is 4.65. The number of alkyl halides is 3. The van der Waals surface area contributed by atoms with Crippen molar-refractivity contribution in [3.8, 4) is 0 Å². The summed E-state index contributed by atoms with van der Waals surface area (Å²) < 4.78 is 67.7. The molecule has 0 saturated carbocycles. The highest BCUT2D eigenvalue weighted by molar-refractivity contribution is 7.88. The van der Waals surface area contributed by atoms with Crippen LogP contribution in [0.15, 0.2) is 24.3 Å². The quantitative estimate of drug-likeness (QED) is 0.809. The van der Waals surface area contributed by atoms with E-state index in [1.54, 1.807) is 12.1 Å². The van der Waals surface area contributed by atoms with Crippen LogP contribution in [0.2, 0.25) is 0 Å². The summed E-state index contributed by atoms with van der Waals surface area (Å²) in [7, 11) is -3.57. The second kappa shape index (κ2) is 7.63. The number of nitrogens with zero attached hydrogens (tertiary/aromatic N) is 2. The summed E-state index contributed by atoms with van der Waals surface area (Å²) in [5.74, 6) is -0.168. The van der Waals surface area contributed by atoms with Gasteiger partial charge in [-0.1, -0.05) is 29.8 Å². The number of nitrogens with one attached hydrogen (secondary N) is 1. The molecule has 5 nitrogen and oxygen atoms in total. The molecule has 0 atom stereocenters. The van der Waals surface area contributed by atoms with Gasteiger partial charge in [-0.3, -0.25) is 4.68 Å². The summed E-state index contributed by atoms with van der Waals surface area (Å²) in [6.45, 7) is 1.99. The van der Waals surface area contributed by atoms with Gasteiger partial charge in [0.15, 0.2) is 5.69 Å². The number of aryl methyl sites for hydroxylation is 1. The Kier molecular flexibility index (Phi) is 5.62. The fourth-order valence-electron chi connectivity index (χ4n) is 3.35. The number of hydrogen-bond acceptors (Lipinski definition) is 3. The molecule has 9 heteroatoms. The van der Waals surface area contributed by atoms with Crippen molar-refractivity contribution in [1.82, 2.24) is 14.5 Å². The standard InChI is InChI=1S/C18H22F3N3O2S/c1-13-6-8-14(9-7-13)12-27(25,26)22-10-11-24-16-5-3-2-4-15(16)17(23-24)18(19,20)21/h6-9,22H,2-5,10-12H2,1H3. The van der Waals surface area contributed by atoms with Crippen LogP contribution in [0.1, 0.15) is 40.9 Å². The van der Waals surface area contributed by atoms with Crippen molar-refractivity contribution < 1.29 is 21.6 Å². The first-order chi connectivity index (χ1) is 12.7. The number of benzene rings is 1. The van der Waals surface area contributed by atoms with Gasteiger partial charge in [-0.05, 0) is 38.2 Å². The highest BCUT2D eigenvalue weighted by Crippen LogP contribution is 2.35. The first kappa shape index (κ1) is 19.9. The first-order valence-electron chi connectivity index (χ1n) is 8.84. The second-order valence-electron chi connectivity index (χ2n) is 6.84. The molecule has 2 aromatic rings. The van der Waals surface area contributed by atoms with Crippen LogP contribution in [0, 0.1) is 6.92 Å². The molecule has 0 amide bonds. The van der Waals surface area contributed by atoms with Gasteiger partial charge >= 0.3 is 6.18 Å². The molecule has 27 heavy (non-hydrogen) atoms. The molecule has 0 aliphatic heterocycles. The van der Waals surface area contributed by atoms with Crippen molar-refractivity contribution in [2.75, 3.05) is 6.54 Å². The van der Waals surface area contributed by atoms with Crippen LogP contribution in [0.5, 0.6) is 0 Å².